The van der Waals surface area contributed by atoms with Gasteiger partial charge in [-0.3, -0.25) is 4.72 Å². The Labute approximate surface area is 140 Å². The van der Waals surface area contributed by atoms with Crippen LogP contribution in [-0.2, 0) is 16.6 Å². The van der Waals surface area contributed by atoms with E-state index in [1.165, 1.54) is 4.90 Å². The van der Waals surface area contributed by atoms with Crippen LogP contribution in [0.3, 0.4) is 0 Å². The summed E-state index contributed by atoms with van der Waals surface area (Å²) in [6.07, 6.45) is 1.07. The van der Waals surface area contributed by atoms with Crippen molar-refractivity contribution in [2.75, 3.05) is 23.3 Å². The van der Waals surface area contributed by atoms with Gasteiger partial charge < -0.3 is 14.7 Å². The smallest absolute Gasteiger partial charge is 0.321 e. The molecule has 0 spiro atoms. The number of sulfonamides is 1. The normalized spacial score (nSPS) is 11.2. The van der Waals surface area contributed by atoms with Crippen molar-refractivity contribution >= 4 is 27.4 Å². The molecule has 2 aromatic rings. The molecule has 0 bridgehead atoms. The molecule has 0 aliphatic rings. The molecule has 0 radical (unpaired) electrons. The van der Waals surface area contributed by atoms with Crippen molar-refractivity contribution in [3.8, 4) is 0 Å². The van der Waals surface area contributed by atoms with Crippen molar-refractivity contribution in [2.45, 2.75) is 20.4 Å². The maximum atomic E-state index is 12.3. The van der Waals surface area contributed by atoms with E-state index in [1.807, 2.05) is 6.92 Å². The van der Waals surface area contributed by atoms with Crippen LogP contribution in [0.5, 0.6) is 0 Å². The molecule has 0 saturated carbocycles. The van der Waals surface area contributed by atoms with Crippen LogP contribution in [-0.4, -0.2) is 37.8 Å². The summed E-state index contributed by atoms with van der Waals surface area (Å²) in [6, 6.07) is 6.14. The summed E-state index contributed by atoms with van der Waals surface area (Å²) in [5, 5.41) is 6.58. The summed E-state index contributed by atoms with van der Waals surface area (Å²) < 4.78 is 30.0. The summed E-state index contributed by atoms with van der Waals surface area (Å²) in [7, 11) is -1.72. The van der Waals surface area contributed by atoms with Gasteiger partial charge in [0.05, 0.1) is 24.2 Å². The Morgan fingerprint density at radius 3 is 2.54 bits per heavy atom. The van der Waals surface area contributed by atoms with E-state index in [1.54, 1.807) is 38.2 Å². The van der Waals surface area contributed by atoms with Crippen LogP contribution in [0.25, 0.3) is 0 Å². The van der Waals surface area contributed by atoms with E-state index in [-0.39, 0.29) is 6.03 Å². The van der Waals surface area contributed by atoms with Crippen molar-refractivity contribution in [1.29, 1.82) is 0 Å². The molecule has 2 N–H and O–H groups in total. The fourth-order valence-electron chi connectivity index (χ4n) is 2.13. The van der Waals surface area contributed by atoms with Crippen LogP contribution in [0.4, 0.5) is 16.2 Å². The summed E-state index contributed by atoms with van der Waals surface area (Å²) >= 11 is 0. The first-order valence-electron chi connectivity index (χ1n) is 7.17. The van der Waals surface area contributed by atoms with E-state index in [4.69, 9.17) is 4.52 Å². The molecule has 8 nitrogen and oxygen atoms in total. The van der Waals surface area contributed by atoms with Crippen molar-refractivity contribution < 1.29 is 17.7 Å². The number of nitrogens with one attached hydrogen (secondary N) is 2. The number of rotatable bonds is 5. The minimum atomic E-state index is -3.37. The number of nitrogens with zero attached hydrogens (tertiary/aromatic N) is 2. The van der Waals surface area contributed by atoms with Gasteiger partial charge in [0, 0.05) is 18.3 Å². The van der Waals surface area contributed by atoms with Gasteiger partial charge in [0.1, 0.15) is 5.76 Å². The predicted molar refractivity (Wildman–Crippen MR) is 91.4 cm³/mol. The predicted octanol–water partition coefficient (Wildman–Crippen LogP) is 2.33. The Bertz CT molecular complexity index is 825. The van der Waals surface area contributed by atoms with Crippen LogP contribution in [0.15, 0.2) is 28.8 Å². The zero-order valence-electron chi connectivity index (χ0n) is 14.0. The largest absolute Gasteiger partial charge is 0.361 e. The number of urea groups is 1. The molecule has 1 aromatic carbocycles. The number of carbonyl (C=O) groups excluding carboxylic acids is 1. The summed E-state index contributed by atoms with van der Waals surface area (Å²) in [4.78, 5) is 13.8. The highest BCUT2D eigenvalue weighted by atomic mass is 32.2. The van der Waals surface area contributed by atoms with E-state index in [2.05, 4.69) is 15.2 Å². The maximum absolute atomic E-state index is 12.3. The molecule has 0 aliphatic carbocycles. The van der Waals surface area contributed by atoms with Crippen LogP contribution in [0.2, 0.25) is 0 Å². The lowest BCUT2D eigenvalue weighted by Gasteiger charge is -2.18. The van der Waals surface area contributed by atoms with Crippen LogP contribution < -0.4 is 10.0 Å². The molecule has 1 aromatic heterocycles. The minimum absolute atomic E-state index is 0.327. The van der Waals surface area contributed by atoms with Crippen molar-refractivity contribution in [3.05, 3.63) is 41.3 Å². The molecule has 0 atom stereocenters. The standard InChI is InChI=1S/C15H20N4O4S/c1-10-14(11(2)23-17-10)9-19(3)15(20)16-12-6-5-7-13(8-12)18-24(4,21)22/h5-8,18H,9H2,1-4H3,(H,16,20). The number of carbonyl (C=O) groups is 1. The minimum Gasteiger partial charge on any atom is -0.361 e. The SMILES string of the molecule is Cc1noc(C)c1CN(C)C(=O)Nc1cccc(NS(C)(=O)=O)c1. The monoisotopic (exact) mass is 352 g/mol. The molecule has 0 unspecified atom stereocenters. The third-order valence-corrected chi connectivity index (χ3v) is 3.95. The first-order chi connectivity index (χ1) is 11.2. The van der Waals surface area contributed by atoms with Gasteiger partial charge in [-0.1, -0.05) is 11.2 Å². The van der Waals surface area contributed by atoms with Gasteiger partial charge in [-0.05, 0) is 32.0 Å². The molecule has 130 valence electrons. The molecule has 0 fully saturated rings. The lowest BCUT2D eigenvalue weighted by Crippen LogP contribution is -2.31. The van der Waals surface area contributed by atoms with Crippen LogP contribution >= 0.6 is 0 Å². The second-order valence-electron chi connectivity index (χ2n) is 5.54. The highest BCUT2D eigenvalue weighted by molar-refractivity contribution is 7.92. The molecule has 0 saturated heterocycles. The fraction of sp³-hybridized carbons (Fsp3) is 0.333. The zero-order valence-corrected chi connectivity index (χ0v) is 14.8. The van der Waals surface area contributed by atoms with Gasteiger partial charge in [0.2, 0.25) is 10.0 Å². The third-order valence-electron chi connectivity index (χ3n) is 3.34. The average Bonchev–Trinajstić information content (AvgIpc) is 2.77. The van der Waals surface area contributed by atoms with Gasteiger partial charge in [0.15, 0.2) is 0 Å². The molecule has 1 heterocycles. The Hall–Kier alpha value is -2.55. The Kier molecular flexibility index (Phi) is 5.13. The van der Waals surface area contributed by atoms with Crippen molar-refractivity contribution in [3.63, 3.8) is 0 Å². The molecule has 0 aliphatic heterocycles. The summed E-state index contributed by atoms with van der Waals surface area (Å²) in [5.74, 6) is 0.673. The summed E-state index contributed by atoms with van der Waals surface area (Å²) in [5.41, 5.74) is 2.47. The van der Waals surface area contributed by atoms with Crippen LogP contribution in [0.1, 0.15) is 17.0 Å². The van der Waals surface area contributed by atoms with E-state index >= 15 is 0 Å². The quantitative estimate of drug-likeness (QED) is 0.859. The number of aromatic nitrogens is 1. The number of amides is 2. The van der Waals surface area contributed by atoms with E-state index in [0.717, 1.165) is 17.5 Å². The molecule has 2 amide bonds. The highest BCUT2D eigenvalue weighted by Crippen LogP contribution is 2.18. The Balaban J connectivity index is 2.05. The Morgan fingerprint density at radius 2 is 1.96 bits per heavy atom. The maximum Gasteiger partial charge on any atom is 0.321 e. The number of benzene rings is 1. The lowest BCUT2D eigenvalue weighted by molar-refractivity contribution is 0.220. The first kappa shape index (κ1) is 17.8. The summed E-state index contributed by atoms with van der Waals surface area (Å²) in [6.45, 7) is 3.97. The average molecular weight is 352 g/mol. The number of hydrogen-bond acceptors (Lipinski definition) is 5. The molecule has 2 rings (SSSR count). The second kappa shape index (κ2) is 6.91. The first-order valence-corrected chi connectivity index (χ1v) is 9.06. The van der Waals surface area contributed by atoms with Gasteiger partial charge in [0.25, 0.3) is 0 Å². The molecule has 9 heteroatoms. The zero-order chi connectivity index (χ0) is 17.9. The van der Waals surface area contributed by atoms with Gasteiger partial charge in [-0.2, -0.15) is 0 Å². The Morgan fingerprint density at radius 1 is 1.29 bits per heavy atom. The van der Waals surface area contributed by atoms with Crippen LogP contribution in [0, 0.1) is 13.8 Å². The van der Waals surface area contributed by atoms with E-state index in [0.29, 0.717) is 23.7 Å². The molecule has 24 heavy (non-hydrogen) atoms. The molecular weight excluding hydrogens is 332 g/mol. The topological polar surface area (TPSA) is 105 Å². The van der Waals surface area contributed by atoms with Gasteiger partial charge in [-0.25, -0.2) is 13.2 Å². The second-order valence-corrected chi connectivity index (χ2v) is 7.29. The molecular formula is C15H20N4O4S. The number of anilines is 2. The highest BCUT2D eigenvalue weighted by Gasteiger charge is 2.15. The lowest BCUT2D eigenvalue weighted by atomic mass is 10.2. The third kappa shape index (κ3) is 4.72. The van der Waals surface area contributed by atoms with E-state index in [9.17, 15) is 13.2 Å². The van der Waals surface area contributed by atoms with E-state index < -0.39 is 10.0 Å². The fourth-order valence-corrected chi connectivity index (χ4v) is 2.69. The van der Waals surface area contributed by atoms with Gasteiger partial charge in [-0.15, -0.1) is 0 Å². The van der Waals surface area contributed by atoms with Crippen molar-refractivity contribution in [2.24, 2.45) is 0 Å². The van der Waals surface area contributed by atoms with Gasteiger partial charge >= 0.3 is 6.03 Å². The number of aryl methyl sites for hydroxylation is 2. The number of hydrogen-bond donors (Lipinski definition) is 2. The van der Waals surface area contributed by atoms with Crippen molar-refractivity contribution in [1.82, 2.24) is 10.1 Å².